The van der Waals surface area contributed by atoms with Crippen molar-refractivity contribution in [3.05, 3.63) is 62.6 Å². The molecule has 0 aliphatic carbocycles. The van der Waals surface area contributed by atoms with Crippen molar-refractivity contribution in [3.8, 4) is 0 Å². The van der Waals surface area contributed by atoms with Gasteiger partial charge >= 0.3 is 6.03 Å². The van der Waals surface area contributed by atoms with Gasteiger partial charge in [-0.05, 0) is 49.7 Å². The van der Waals surface area contributed by atoms with E-state index < -0.39 is 40.3 Å². The number of urea groups is 1. The van der Waals surface area contributed by atoms with E-state index in [1.165, 1.54) is 12.1 Å². The van der Waals surface area contributed by atoms with Crippen LogP contribution in [0.2, 0.25) is 0 Å². The second kappa shape index (κ2) is 7.88. The van der Waals surface area contributed by atoms with Crippen LogP contribution >= 0.6 is 15.9 Å². The van der Waals surface area contributed by atoms with Crippen LogP contribution in [0.25, 0.3) is 0 Å². The lowest BCUT2D eigenvalue weighted by Gasteiger charge is -2.56. The summed E-state index contributed by atoms with van der Waals surface area (Å²) >= 11 is 3.34. The Balaban J connectivity index is 1.70. The van der Waals surface area contributed by atoms with Gasteiger partial charge < -0.3 is 9.64 Å². The Morgan fingerprint density at radius 2 is 1.85 bits per heavy atom. The highest BCUT2D eigenvalue weighted by Crippen LogP contribution is 2.49. The highest BCUT2D eigenvalue weighted by molar-refractivity contribution is 9.10. The van der Waals surface area contributed by atoms with Crippen molar-refractivity contribution in [3.63, 3.8) is 0 Å². The third kappa shape index (κ3) is 3.22. The molecule has 4 atom stereocenters. The Morgan fingerprint density at radius 3 is 2.53 bits per heavy atom. The number of hydrogen-bond acceptors (Lipinski definition) is 7. The number of benzene rings is 2. The van der Waals surface area contributed by atoms with E-state index in [0.717, 1.165) is 15.1 Å². The Kier molecular flexibility index (Phi) is 5.21. The summed E-state index contributed by atoms with van der Waals surface area (Å²) < 4.78 is 6.81. The maximum absolute atomic E-state index is 14.1. The van der Waals surface area contributed by atoms with Crippen LogP contribution in [0, 0.1) is 15.5 Å². The fourth-order valence-corrected chi connectivity index (χ4v) is 5.71. The first kappa shape index (κ1) is 22.5. The van der Waals surface area contributed by atoms with Gasteiger partial charge in [0.05, 0.1) is 28.9 Å². The van der Waals surface area contributed by atoms with E-state index in [-0.39, 0.29) is 18.2 Å². The molecule has 3 aliphatic heterocycles. The molecular weight excluding hydrogens is 508 g/mol. The van der Waals surface area contributed by atoms with Crippen LogP contribution < -0.4 is 15.1 Å². The number of anilines is 2. The number of nitro benzene ring substituents is 1. The number of morpholine rings is 1. The van der Waals surface area contributed by atoms with Gasteiger partial charge in [0.25, 0.3) is 11.6 Å². The fourth-order valence-electron chi connectivity index (χ4n) is 5.45. The van der Waals surface area contributed by atoms with Crippen LogP contribution in [0.1, 0.15) is 19.4 Å². The molecule has 1 N–H and O–H groups in total. The number of hydrogen-bond donors (Lipinski definition) is 1. The highest BCUT2D eigenvalue weighted by atomic mass is 79.9. The van der Waals surface area contributed by atoms with E-state index in [9.17, 15) is 24.5 Å². The standard InChI is InChI=1S/C23H21BrN4O6/c1-12-11-26-18-8-7-17(28(32)33)9-14(18)10-23(19(26)13(2)34-12)20(29)25-22(31)27(21(23)30)16-5-3-15(24)4-6-16/h3-9,12-13,19H,10-11H2,1-2H3,(H,25,29,31)/t12-,13-,19-,23+/m0/s1. The summed E-state index contributed by atoms with van der Waals surface area (Å²) in [6, 6.07) is 9.52. The number of non-ortho nitro benzene ring substituents is 1. The minimum Gasteiger partial charge on any atom is -0.372 e. The molecule has 34 heavy (non-hydrogen) atoms. The van der Waals surface area contributed by atoms with E-state index >= 15 is 0 Å². The lowest BCUT2D eigenvalue weighted by Crippen LogP contribution is -2.76. The summed E-state index contributed by atoms with van der Waals surface area (Å²) in [5.74, 6) is -1.41. The van der Waals surface area contributed by atoms with Gasteiger partial charge in [-0.15, -0.1) is 0 Å². The third-order valence-electron chi connectivity index (χ3n) is 6.74. The van der Waals surface area contributed by atoms with Gasteiger partial charge in [0.1, 0.15) is 0 Å². The average molecular weight is 529 g/mol. The predicted molar refractivity (Wildman–Crippen MR) is 126 cm³/mol. The van der Waals surface area contributed by atoms with E-state index in [0.29, 0.717) is 17.8 Å². The Hall–Kier alpha value is -3.31. The molecular formula is C23H21BrN4O6. The number of nitrogens with zero attached hydrogens (tertiary/aromatic N) is 3. The Bertz CT molecular complexity index is 1230. The molecule has 4 amide bonds. The number of ether oxygens (including phenoxy) is 1. The highest BCUT2D eigenvalue weighted by Gasteiger charge is 2.65. The molecule has 3 heterocycles. The summed E-state index contributed by atoms with van der Waals surface area (Å²) in [4.78, 5) is 54.3. The largest absolute Gasteiger partial charge is 0.372 e. The first-order valence-electron chi connectivity index (χ1n) is 10.8. The maximum Gasteiger partial charge on any atom is 0.335 e. The van der Waals surface area contributed by atoms with Gasteiger partial charge in [-0.1, -0.05) is 15.9 Å². The maximum atomic E-state index is 14.1. The van der Waals surface area contributed by atoms with Crippen LogP contribution in [0.4, 0.5) is 21.9 Å². The molecule has 2 saturated heterocycles. The second-order valence-electron chi connectivity index (χ2n) is 8.84. The Morgan fingerprint density at radius 1 is 1.15 bits per heavy atom. The van der Waals surface area contributed by atoms with Gasteiger partial charge in [0, 0.05) is 35.3 Å². The first-order chi connectivity index (χ1) is 16.1. The first-order valence-corrected chi connectivity index (χ1v) is 11.6. The van der Waals surface area contributed by atoms with Crippen LogP contribution in [0.3, 0.4) is 0 Å². The molecule has 5 rings (SSSR count). The second-order valence-corrected chi connectivity index (χ2v) is 9.76. The van der Waals surface area contributed by atoms with Crippen molar-refractivity contribution in [2.45, 2.75) is 38.5 Å². The van der Waals surface area contributed by atoms with Crippen molar-refractivity contribution in [1.29, 1.82) is 0 Å². The van der Waals surface area contributed by atoms with Crippen molar-refractivity contribution >= 4 is 50.8 Å². The van der Waals surface area contributed by atoms with Crippen LogP contribution in [0.5, 0.6) is 0 Å². The molecule has 0 saturated carbocycles. The fraction of sp³-hybridized carbons (Fsp3) is 0.348. The molecule has 2 aromatic rings. The summed E-state index contributed by atoms with van der Waals surface area (Å²) in [6.45, 7) is 4.07. The molecule has 1 spiro atoms. The van der Waals surface area contributed by atoms with E-state index in [2.05, 4.69) is 21.2 Å². The summed E-state index contributed by atoms with van der Waals surface area (Å²) in [7, 11) is 0. The molecule has 176 valence electrons. The van der Waals surface area contributed by atoms with Crippen molar-refractivity contribution in [2.24, 2.45) is 5.41 Å². The van der Waals surface area contributed by atoms with E-state index in [1.807, 2.05) is 11.8 Å². The summed E-state index contributed by atoms with van der Waals surface area (Å²) in [5.41, 5.74) is -0.322. The number of carbonyl (C=O) groups excluding carboxylic acids is 3. The van der Waals surface area contributed by atoms with Crippen LogP contribution in [-0.2, 0) is 20.7 Å². The van der Waals surface area contributed by atoms with Crippen molar-refractivity contribution < 1.29 is 24.0 Å². The number of carbonyl (C=O) groups is 3. The molecule has 0 aromatic heterocycles. The average Bonchev–Trinajstić information content (AvgIpc) is 2.78. The lowest BCUT2D eigenvalue weighted by molar-refractivity contribution is -0.384. The smallest absolute Gasteiger partial charge is 0.335 e. The number of amides is 4. The number of nitro groups is 1. The third-order valence-corrected chi connectivity index (χ3v) is 7.27. The van der Waals surface area contributed by atoms with Gasteiger partial charge in [-0.2, -0.15) is 0 Å². The number of rotatable bonds is 2. The molecule has 2 aromatic carbocycles. The zero-order valence-electron chi connectivity index (χ0n) is 18.4. The topological polar surface area (TPSA) is 122 Å². The molecule has 2 fully saturated rings. The quantitative estimate of drug-likeness (QED) is 0.360. The van der Waals surface area contributed by atoms with Gasteiger partial charge in [0.2, 0.25) is 5.91 Å². The molecule has 0 unspecified atom stereocenters. The molecule has 10 nitrogen and oxygen atoms in total. The summed E-state index contributed by atoms with van der Waals surface area (Å²) in [5, 5.41) is 13.8. The minimum absolute atomic E-state index is 0.0990. The van der Waals surface area contributed by atoms with Gasteiger partial charge in [0.15, 0.2) is 5.41 Å². The van der Waals surface area contributed by atoms with Crippen molar-refractivity contribution in [2.75, 3.05) is 16.3 Å². The monoisotopic (exact) mass is 528 g/mol. The number of barbiturate groups is 1. The molecule has 0 bridgehead atoms. The molecule has 11 heteroatoms. The number of fused-ring (bicyclic) bond motifs is 4. The lowest BCUT2D eigenvalue weighted by atomic mass is 9.66. The van der Waals surface area contributed by atoms with E-state index in [4.69, 9.17) is 4.74 Å². The zero-order valence-corrected chi connectivity index (χ0v) is 19.9. The normalized spacial score (nSPS) is 28.4. The number of halogens is 1. The van der Waals surface area contributed by atoms with Crippen LogP contribution in [-0.4, -0.2) is 47.6 Å². The van der Waals surface area contributed by atoms with Gasteiger partial charge in [-0.3, -0.25) is 25.0 Å². The predicted octanol–water partition coefficient (Wildman–Crippen LogP) is 3.17. The Labute approximate surface area is 203 Å². The SMILES string of the molecule is C[C@@H]1O[C@@H](C)CN2c3ccc([N+](=O)[O-])cc3C[C@]3(C(=O)NC(=O)N(c4ccc(Br)cc4)C3=O)[C@H]12. The summed E-state index contributed by atoms with van der Waals surface area (Å²) in [6.07, 6.45) is -0.824. The van der Waals surface area contributed by atoms with Gasteiger partial charge in [-0.25, -0.2) is 9.69 Å². The number of nitrogens with one attached hydrogen (secondary N) is 1. The minimum atomic E-state index is -1.72. The zero-order chi connectivity index (χ0) is 24.4. The number of imide groups is 2. The molecule has 0 radical (unpaired) electrons. The van der Waals surface area contributed by atoms with E-state index in [1.54, 1.807) is 37.3 Å². The van der Waals surface area contributed by atoms with Crippen molar-refractivity contribution in [1.82, 2.24) is 5.32 Å². The van der Waals surface area contributed by atoms with Crippen LogP contribution in [0.15, 0.2) is 46.9 Å². The molecule has 3 aliphatic rings.